The van der Waals surface area contributed by atoms with E-state index in [0.29, 0.717) is 5.92 Å². The summed E-state index contributed by atoms with van der Waals surface area (Å²) in [6.45, 7) is 8.77. The topological polar surface area (TPSA) is 26.0 Å². The summed E-state index contributed by atoms with van der Waals surface area (Å²) in [6, 6.07) is 6.63. The fraction of sp³-hybridized carbons (Fsp3) is 0.571. The van der Waals surface area contributed by atoms with Crippen LogP contribution in [0.5, 0.6) is 0 Å². The van der Waals surface area contributed by atoms with E-state index in [1.54, 1.807) is 0 Å². The van der Waals surface area contributed by atoms with Crippen LogP contribution in [0.2, 0.25) is 0 Å². The molecule has 0 saturated heterocycles. The van der Waals surface area contributed by atoms with Gasteiger partial charge < -0.3 is 5.73 Å². The molecule has 0 saturated carbocycles. The molecule has 1 aromatic rings. The Hall–Kier alpha value is -0.820. The van der Waals surface area contributed by atoms with Crippen LogP contribution in [0.1, 0.15) is 49.4 Å². The van der Waals surface area contributed by atoms with E-state index in [-0.39, 0.29) is 6.04 Å². The van der Waals surface area contributed by atoms with Gasteiger partial charge in [0.2, 0.25) is 0 Å². The van der Waals surface area contributed by atoms with E-state index in [9.17, 15) is 0 Å². The first kappa shape index (κ1) is 12.3. The standard InChI is InChI=1S/C14H23N/c1-5-12(6-2)14(15)13-9-7-8-10(3)11(13)4/h7-9,12,14H,5-6,15H2,1-4H3. The number of rotatable bonds is 4. The van der Waals surface area contributed by atoms with Crippen LogP contribution in [0.3, 0.4) is 0 Å². The second-order valence-electron chi connectivity index (χ2n) is 4.39. The third-order valence-electron chi connectivity index (χ3n) is 3.56. The molecule has 1 atom stereocenters. The van der Waals surface area contributed by atoms with Crippen molar-refractivity contribution in [1.29, 1.82) is 0 Å². The first-order valence-corrected chi connectivity index (χ1v) is 5.93. The predicted molar refractivity (Wildman–Crippen MR) is 66.9 cm³/mol. The second-order valence-corrected chi connectivity index (χ2v) is 4.39. The molecule has 0 radical (unpaired) electrons. The van der Waals surface area contributed by atoms with Crippen LogP contribution in [0.15, 0.2) is 18.2 Å². The molecule has 0 aliphatic carbocycles. The number of benzene rings is 1. The highest BCUT2D eigenvalue weighted by molar-refractivity contribution is 5.35. The van der Waals surface area contributed by atoms with Gasteiger partial charge in [0.05, 0.1) is 0 Å². The van der Waals surface area contributed by atoms with Gasteiger partial charge in [0, 0.05) is 6.04 Å². The molecule has 1 unspecified atom stereocenters. The average Bonchev–Trinajstić information content (AvgIpc) is 2.23. The third-order valence-corrected chi connectivity index (χ3v) is 3.56. The minimum Gasteiger partial charge on any atom is -0.324 e. The van der Waals surface area contributed by atoms with Gasteiger partial charge in [-0.2, -0.15) is 0 Å². The van der Waals surface area contributed by atoms with Gasteiger partial charge in [-0.1, -0.05) is 44.9 Å². The van der Waals surface area contributed by atoms with Crippen molar-refractivity contribution in [2.24, 2.45) is 11.7 Å². The van der Waals surface area contributed by atoms with Crippen molar-refractivity contribution in [3.05, 3.63) is 34.9 Å². The fourth-order valence-corrected chi connectivity index (χ4v) is 2.19. The maximum atomic E-state index is 6.33. The molecule has 0 fully saturated rings. The summed E-state index contributed by atoms with van der Waals surface area (Å²) in [5.41, 5.74) is 10.4. The van der Waals surface area contributed by atoms with E-state index in [2.05, 4.69) is 45.9 Å². The Morgan fingerprint density at radius 2 is 1.73 bits per heavy atom. The SMILES string of the molecule is CCC(CC)C(N)c1cccc(C)c1C. The Balaban J connectivity index is 2.99. The molecule has 1 heteroatoms. The zero-order valence-electron chi connectivity index (χ0n) is 10.4. The Morgan fingerprint density at radius 1 is 1.13 bits per heavy atom. The minimum atomic E-state index is 0.194. The normalized spacial score (nSPS) is 13.2. The quantitative estimate of drug-likeness (QED) is 0.796. The summed E-state index contributed by atoms with van der Waals surface area (Å²) in [5, 5.41) is 0. The summed E-state index contributed by atoms with van der Waals surface area (Å²) < 4.78 is 0. The molecule has 1 rings (SSSR count). The fourth-order valence-electron chi connectivity index (χ4n) is 2.19. The van der Waals surface area contributed by atoms with Gasteiger partial charge >= 0.3 is 0 Å². The highest BCUT2D eigenvalue weighted by Gasteiger charge is 2.17. The molecule has 0 spiro atoms. The molecule has 1 aromatic carbocycles. The summed E-state index contributed by atoms with van der Waals surface area (Å²) in [7, 11) is 0. The molecule has 1 nitrogen and oxygen atoms in total. The van der Waals surface area contributed by atoms with Crippen molar-refractivity contribution in [2.75, 3.05) is 0 Å². The number of aryl methyl sites for hydroxylation is 1. The Labute approximate surface area is 93.7 Å². The van der Waals surface area contributed by atoms with E-state index >= 15 is 0 Å². The Kier molecular flexibility index (Phi) is 4.34. The van der Waals surface area contributed by atoms with Gasteiger partial charge in [-0.25, -0.2) is 0 Å². The summed E-state index contributed by atoms with van der Waals surface area (Å²) in [6.07, 6.45) is 2.32. The maximum Gasteiger partial charge on any atom is 0.0326 e. The molecular weight excluding hydrogens is 182 g/mol. The van der Waals surface area contributed by atoms with Crippen LogP contribution < -0.4 is 5.73 Å². The number of hydrogen-bond donors (Lipinski definition) is 1. The summed E-state index contributed by atoms with van der Waals surface area (Å²) in [4.78, 5) is 0. The maximum absolute atomic E-state index is 6.33. The molecular formula is C14H23N. The van der Waals surface area contributed by atoms with E-state index < -0.39 is 0 Å². The predicted octanol–water partition coefficient (Wildman–Crippen LogP) is 3.74. The van der Waals surface area contributed by atoms with E-state index in [1.807, 2.05) is 0 Å². The van der Waals surface area contributed by atoms with E-state index in [4.69, 9.17) is 5.73 Å². The molecule has 15 heavy (non-hydrogen) atoms. The van der Waals surface area contributed by atoms with Crippen molar-refractivity contribution in [3.8, 4) is 0 Å². The monoisotopic (exact) mass is 205 g/mol. The molecule has 0 aliphatic heterocycles. The lowest BCUT2D eigenvalue weighted by atomic mass is 9.86. The lowest BCUT2D eigenvalue weighted by molar-refractivity contribution is 0.404. The Morgan fingerprint density at radius 3 is 2.27 bits per heavy atom. The lowest BCUT2D eigenvalue weighted by Gasteiger charge is -2.23. The molecule has 0 bridgehead atoms. The second kappa shape index (κ2) is 5.32. The van der Waals surface area contributed by atoms with Crippen LogP contribution in [0.25, 0.3) is 0 Å². The van der Waals surface area contributed by atoms with Crippen molar-refractivity contribution in [2.45, 2.75) is 46.6 Å². The summed E-state index contributed by atoms with van der Waals surface area (Å²) >= 11 is 0. The van der Waals surface area contributed by atoms with Gasteiger partial charge in [0.15, 0.2) is 0 Å². The van der Waals surface area contributed by atoms with Crippen LogP contribution in [0, 0.1) is 19.8 Å². The zero-order chi connectivity index (χ0) is 11.4. The largest absolute Gasteiger partial charge is 0.324 e. The van der Waals surface area contributed by atoms with Crippen LogP contribution in [-0.2, 0) is 0 Å². The van der Waals surface area contributed by atoms with Gasteiger partial charge in [-0.05, 0) is 36.5 Å². The highest BCUT2D eigenvalue weighted by Crippen LogP contribution is 2.28. The first-order valence-electron chi connectivity index (χ1n) is 5.93. The number of hydrogen-bond acceptors (Lipinski definition) is 1. The van der Waals surface area contributed by atoms with Gasteiger partial charge in [-0.3, -0.25) is 0 Å². The van der Waals surface area contributed by atoms with Crippen LogP contribution >= 0.6 is 0 Å². The smallest absolute Gasteiger partial charge is 0.0326 e. The van der Waals surface area contributed by atoms with Crippen molar-refractivity contribution >= 4 is 0 Å². The van der Waals surface area contributed by atoms with Crippen LogP contribution in [0.4, 0.5) is 0 Å². The van der Waals surface area contributed by atoms with Crippen LogP contribution in [-0.4, -0.2) is 0 Å². The Bertz CT molecular complexity index is 313. The molecule has 0 aromatic heterocycles. The number of nitrogens with two attached hydrogens (primary N) is 1. The van der Waals surface area contributed by atoms with E-state index in [1.165, 1.54) is 16.7 Å². The highest BCUT2D eigenvalue weighted by atomic mass is 14.7. The molecule has 0 amide bonds. The van der Waals surface area contributed by atoms with Crippen molar-refractivity contribution < 1.29 is 0 Å². The van der Waals surface area contributed by atoms with Crippen molar-refractivity contribution in [1.82, 2.24) is 0 Å². The minimum absolute atomic E-state index is 0.194. The van der Waals surface area contributed by atoms with E-state index in [0.717, 1.165) is 12.8 Å². The zero-order valence-corrected chi connectivity index (χ0v) is 10.4. The lowest BCUT2D eigenvalue weighted by Crippen LogP contribution is -2.21. The van der Waals surface area contributed by atoms with Crippen molar-refractivity contribution in [3.63, 3.8) is 0 Å². The average molecular weight is 205 g/mol. The van der Waals surface area contributed by atoms with Gasteiger partial charge in [0.1, 0.15) is 0 Å². The van der Waals surface area contributed by atoms with Gasteiger partial charge in [0.25, 0.3) is 0 Å². The molecule has 0 heterocycles. The molecule has 84 valence electrons. The molecule has 0 aliphatic rings. The molecule has 2 N–H and O–H groups in total. The third kappa shape index (κ3) is 2.60. The van der Waals surface area contributed by atoms with Gasteiger partial charge in [-0.15, -0.1) is 0 Å². The summed E-state index contributed by atoms with van der Waals surface area (Å²) in [5.74, 6) is 0.602. The first-order chi connectivity index (χ1) is 7.11.